The van der Waals surface area contributed by atoms with Crippen LogP contribution in [-0.2, 0) is 14.4 Å². The Morgan fingerprint density at radius 2 is 1.81 bits per heavy atom. The van der Waals surface area contributed by atoms with Gasteiger partial charge in [-0.25, -0.2) is 4.90 Å². The number of carbonyl (C=O) groups is 3. The topological polar surface area (TPSA) is 83.9 Å². The van der Waals surface area contributed by atoms with Gasteiger partial charge in [-0.3, -0.25) is 14.4 Å². The lowest BCUT2D eigenvalue weighted by molar-refractivity contribution is -0.194. The number of aliphatic carboxylic acids is 1. The maximum atomic E-state index is 14.4. The summed E-state index contributed by atoms with van der Waals surface area (Å²) in [6.07, 6.45) is 7.42. The largest absolute Gasteiger partial charge is 0.495 e. The maximum Gasteiger partial charge on any atom is 0.309 e. The minimum atomic E-state index is -0.742. The number of anilines is 1. The Kier molecular flexibility index (Phi) is 5.30. The number of carboxylic acid groups (broad SMARTS) is 1. The molecule has 2 amide bonds. The lowest BCUT2D eigenvalue weighted by atomic mass is 9.34. The molecule has 1 aromatic rings. The molecule has 2 bridgehead atoms. The zero-order chi connectivity index (χ0) is 26.5. The number of rotatable bonds is 4. The number of allylic oxidation sites excluding steroid dienone is 2. The number of hydrogen-bond acceptors (Lipinski definition) is 4. The van der Waals surface area contributed by atoms with E-state index in [0.29, 0.717) is 23.8 Å². The summed E-state index contributed by atoms with van der Waals surface area (Å²) in [5.74, 6) is -0.527. The van der Waals surface area contributed by atoms with Gasteiger partial charge >= 0.3 is 5.97 Å². The Bertz CT molecular complexity index is 1220. The number of para-hydroxylation sites is 2. The molecule has 6 nitrogen and oxygen atoms in total. The molecule has 0 radical (unpaired) electrons. The van der Waals surface area contributed by atoms with Crippen LogP contribution in [0.4, 0.5) is 5.69 Å². The van der Waals surface area contributed by atoms with Gasteiger partial charge in [-0.1, -0.05) is 51.0 Å². The zero-order valence-corrected chi connectivity index (χ0v) is 22.6. The molecule has 6 aliphatic rings. The first-order valence-corrected chi connectivity index (χ1v) is 14.0. The zero-order valence-electron chi connectivity index (χ0n) is 22.6. The number of ether oxygens (including phenoxy) is 1. The van der Waals surface area contributed by atoms with E-state index >= 15 is 0 Å². The van der Waals surface area contributed by atoms with Crippen LogP contribution in [0.25, 0.3) is 0 Å². The normalized spacial score (nSPS) is 42.3. The predicted octanol–water partition coefficient (Wildman–Crippen LogP) is 5.71. The third kappa shape index (κ3) is 2.96. The van der Waals surface area contributed by atoms with Crippen molar-refractivity contribution in [1.29, 1.82) is 0 Å². The molecule has 7 rings (SSSR count). The molecule has 3 saturated carbocycles. The summed E-state index contributed by atoms with van der Waals surface area (Å²) in [6, 6.07) is 7.29. The van der Waals surface area contributed by atoms with Gasteiger partial charge in [0.25, 0.3) is 0 Å². The molecule has 1 heterocycles. The molecule has 1 spiro atoms. The second-order valence-electron chi connectivity index (χ2n) is 13.2. The van der Waals surface area contributed by atoms with E-state index < -0.39 is 22.7 Å². The smallest absolute Gasteiger partial charge is 0.309 e. The van der Waals surface area contributed by atoms with Gasteiger partial charge < -0.3 is 9.84 Å². The molecule has 6 heteroatoms. The van der Waals surface area contributed by atoms with E-state index in [4.69, 9.17) is 4.74 Å². The van der Waals surface area contributed by atoms with E-state index in [9.17, 15) is 19.5 Å². The summed E-state index contributed by atoms with van der Waals surface area (Å²) in [4.78, 5) is 42.5. The molecule has 4 fully saturated rings. The Labute approximate surface area is 219 Å². The van der Waals surface area contributed by atoms with Crippen molar-refractivity contribution in [3.8, 4) is 5.75 Å². The van der Waals surface area contributed by atoms with Gasteiger partial charge in [0.05, 0.1) is 30.0 Å². The van der Waals surface area contributed by atoms with Gasteiger partial charge in [-0.15, -0.1) is 0 Å². The van der Waals surface area contributed by atoms with Crippen molar-refractivity contribution in [1.82, 2.24) is 0 Å². The lowest BCUT2D eigenvalue weighted by Crippen LogP contribution is -2.65. The molecular weight excluding hydrogens is 466 g/mol. The lowest BCUT2D eigenvalue weighted by Gasteiger charge is -2.68. The minimum Gasteiger partial charge on any atom is -0.495 e. The monoisotopic (exact) mass is 505 g/mol. The second-order valence-corrected chi connectivity index (χ2v) is 13.2. The third-order valence-electron chi connectivity index (χ3n) is 11.5. The van der Waals surface area contributed by atoms with Crippen molar-refractivity contribution >= 4 is 23.5 Å². The highest BCUT2D eigenvalue weighted by Crippen LogP contribution is 2.74. The number of hydrogen-bond donors (Lipinski definition) is 1. The highest BCUT2D eigenvalue weighted by molar-refractivity contribution is 6.23. The van der Waals surface area contributed by atoms with E-state index in [0.717, 1.165) is 32.1 Å². The van der Waals surface area contributed by atoms with Crippen molar-refractivity contribution in [2.45, 2.75) is 66.2 Å². The molecular formula is C31H39NO5. The van der Waals surface area contributed by atoms with E-state index in [1.165, 1.54) is 10.5 Å². The first-order valence-electron chi connectivity index (χ1n) is 14.0. The van der Waals surface area contributed by atoms with Crippen LogP contribution in [0, 0.1) is 51.8 Å². The van der Waals surface area contributed by atoms with Gasteiger partial charge in [-0.2, -0.15) is 0 Å². The number of fused-ring (bicyclic) bond motifs is 1. The third-order valence-corrected chi connectivity index (χ3v) is 11.5. The maximum absolute atomic E-state index is 14.4. The Morgan fingerprint density at radius 1 is 1.08 bits per heavy atom. The second kappa shape index (κ2) is 7.94. The molecule has 0 aromatic heterocycles. The molecule has 5 aliphatic carbocycles. The number of nitrogens with zero attached hydrogens (tertiary/aromatic N) is 1. The van der Waals surface area contributed by atoms with Gasteiger partial charge in [0.2, 0.25) is 11.8 Å². The van der Waals surface area contributed by atoms with Crippen LogP contribution in [0.15, 0.2) is 35.9 Å². The molecule has 1 saturated heterocycles. The van der Waals surface area contributed by atoms with E-state index in [2.05, 4.69) is 26.8 Å². The first kappa shape index (κ1) is 24.7. The standard InChI is InChI=1S/C31H39NO5/c1-17(2)19-16-31-14-11-22-29(3,12-8-13-30(22,4)28(35)36)23(31)15-18(19)24-25(31)27(34)32(26(24)33)20-9-6-7-10-21(20)37-5/h6-7,9-10,16-18,22-25H,8,11-15H2,1-5H3,(H,35,36)/t18-,22+,23+,24+,25+,29+,30-,31-/m0/s1. The van der Waals surface area contributed by atoms with Crippen molar-refractivity contribution in [3.63, 3.8) is 0 Å². The van der Waals surface area contributed by atoms with Gasteiger partial charge in [-0.05, 0) is 80.2 Å². The molecule has 1 aliphatic heterocycles. The summed E-state index contributed by atoms with van der Waals surface area (Å²) in [6.45, 7) is 8.65. The summed E-state index contributed by atoms with van der Waals surface area (Å²) in [5.41, 5.74) is 0.523. The number of methoxy groups -OCH3 is 1. The predicted molar refractivity (Wildman–Crippen MR) is 140 cm³/mol. The number of carbonyl (C=O) groups excluding carboxylic acids is 2. The highest BCUT2D eigenvalue weighted by Gasteiger charge is 2.73. The van der Waals surface area contributed by atoms with E-state index in [-0.39, 0.29) is 40.9 Å². The average molecular weight is 506 g/mol. The van der Waals surface area contributed by atoms with Crippen molar-refractivity contribution in [2.75, 3.05) is 12.0 Å². The Hall–Kier alpha value is -2.63. The minimum absolute atomic E-state index is 0.0154. The average Bonchev–Trinajstić information content (AvgIpc) is 3.15. The number of carboxylic acids is 1. The van der Waals surface area contributed by atoms with Crippen molar-refractivity contribution in [2.24, 2.45) is 51.8 Å². The molecule has 1 N–H and O–H groups in total. The summed E-state index contributed by atoms with van der Waals surface area (Å²) in [5, 5.41) is 10.3. The summed E-state index contributed by atoms with van der Waals surface area (Å²) < 4.78 is 5.56. The Morgan fingerprint density at radius 3 is 2.49 bits per heavy atom. The molecule has 0 unspecified atom stereocenters. The van der Waals surface area contributed by atoms with Gasteiger partial charge in [0, 0.05) is 5.41 Å². The first-order chi connectivity index (χ1) is 17.5. The number of amides is 2. The summed E-state index contributed by atoms with van der Waals surface area (Å²) in [7, 11) is 1.57. The number of imide groups is 1. The Balaban J connectivity index is 1.50. The molecule has 37 heavy (non-hydrogen) atoms. The van der Waals surface area contributed by atoms with Crippen LogP contribution < -0.4 is 9.64 Å². The fourth-order valence-electron chi connectivity index (χ4n) is 10.0. The van der Waals surface area contributed by atoms with Gasteiger partial charge in [0.1, 0.15) is 5.75 Å². The van der Waals surface area contributed by atoms with Crippen LogP contribution in [-0.4, -0.2) is 30.0 Å². The van der Waals surface area contributed by atoms with Crippen LogP contribution in [0.1, 0.15) is 66.2 Å². The fourth-order valence-corrected chi connectivity index (χ4v) is 10.0. The van der Waals surface area contributed by atoms with Gasteiger partial charge in [0.15, 0.2) is 0 Å². The van der Waals surface area contributed by atoms with Crippen LogP contribution in [0.2, 0.25) is 0 Å². The van der Waals surface area contributed by atoms with E-state index in [1.807, 2.05) is 19.1 Å². The van der Waals surface area contributed by atoms with E-state index in [1.54, 1.807) is 19.2 Å². The van der Waals surface area contributed by atoms with Crippen LogP contribution >= 0.6 is 0 Å². The molecule has 8 atom stereocenters. The SMILES string of the molecule is COc1ccccc1N1C(=O)[C@@H]2[C@H]3C[C@@H]4[C@]5(C)CCC[C@](C)(C(=O)O)[C@@H]5CC[C@@]4(C=C3C(C)C)[C@H]2C1=O. The van der Waals surface area contributed by atoms with Crippen LogP contribution in [0.3, 0.4) is 0 Å². The van der Waals surface area contributed by atoms with Crippen LogP contribution in [0.5, 0.6) is 5.75 Å². The van der Waals surface area contributed by atoms with Crippen molar-refractivity contribution in [3.05, 3.63) is 35.9 Å². The van der Waals surface area contributed by atoms with Crippen molar-refractivity contribution < 1.29 is 24.2 Å². The quantitative estimate of drug-likeness (QED) is 0.419. The highest BCUT2D eigenvalue weighted by atomic mass is 16.5. The summed E-state index contributed by atoms with van der Waals surface area (Å²) >= 11 is 0. The fraction of sp³-hybridized carbons (Fsp3) is 0.645. The molecule has 1 aromatic carbocycles. The number of benzene rings is 1. The molecule has 198 valence electrons.